The standard InChI is InChI=1S/C24H21N5O3S/c1-14(22(30)25-15-7-12-18-20(13-15)27-23(31)26-18)33-24-28-19-5-3-4-6-21(19)29(24)16-8-10-17(32-2)11-9-16/h3-14H,1-2H3,(H,25,30)(H2,26,27,31). The van der Waals surface area contributed by atoms with Crippen LogP contribution < -0.4 is 15.7 Å². The van der Waals surface area contributed by atoms with Gasteiger partial charge in [-0.2, -0.15) is 0 Å². The summed E-state index contributed by atoms with van der Waals surface area (Å²) in [5.41, 5.74) is 4.40. The highest BCUT2D eigenvalue weighted by molar-refractivity contribution is 8.00. The molecule has 5 aromatic rings. The largest absolute Gasteiger partial charge is 0.497 e. The fraction of sp³-hybridized carbons (Fsp3) is 0.125. The second kappa shape index (κ2) is 8.51. The number of para-hydroxylation sites is 2. The van der Waals surface area contributed by atoms with Gasteiger partial charge in [0.2, 0.25) is 5.91 Å². The van der Waals surface area contributed by atoms with E-state index < -0.39 is 5.25 Å². The van der Waals surface area contributed by atoms with Crippen LogP contribution in [0.15, 0.2) is 76.7 Å². The summed E-state index contributed by atoms with van der Waals surface area (Å²) in [5, 5.41) is 3.22. The van der Waals surface area contributed by atoms with Crippen LogP contribution in [0, 0.1) is 0 Å². The molecule has 0 aliphatic carbocycles. The number of anilines is 1. The molecule has 0 aliphatic rings. The minimum absolute atomic E-state index is 0.162. The summed E-state index contributed by atoms with van der Waals surface area (Å²) in [4.78, 5) is 34.6. The van der Waals surface area contributed by atoms with Crippen LogP contribution in [-0.2, 0) is 4.79 Å². The van der Waals surface area contributed by atoms with Crippen LogP contribution >= 0.6 is 11.8 Å². The summed E-state index contributed by atoms with van der Waals surface area (Å²) in [6.07, 6.45) is 0. The second-order valence-electron chi connectivity index (χ2n) is 7.51. The fourth-order valence-corrected chi connectivity index (χ4v) is 4.57. The lowest BCUT2D eigenvalue weighted by atomic mass is 10.2. The third-order valence-corrected chi connectivity index (χ3v) is 6.35. The van der Waals surface area contributed by atoms with Crippen LogP contribution in [0.2, 0.25) is 0 Å². The lowest BCUT2D eigenvalue weighted by Crippen LogP contribution is -2.22. The van der Waals surface area contributed by atoms with Gasteiger partial charge in [-0.1, -0.05) is 23.9 Å². The van der Waals surface area contributed by atoms with Gasteiger partial charge < -0.3 is 20.0 Å². The summed E-state index contributed by atoms with van der Waals surface area (Å²) in [5.74, 6) is 0.608. The molecular weight excluding hydrogens is 438 g/mol. The van der Waals surface area contributed by atoms with Crippen LogP contribution in [0.25, 0.3) is 27.8 Å². The van der Waals surface area contributed by atoms with Crippen molar-refractivity contribution in [1.29, 1.82) is 0 Å². The van der Waals surface area contributed by atoms with E-state index in [2.05, 4.69) is 15.3 Å². The minimum Gasteiger partial charge on any atom is -0.497 e. The number of thioether (sulfide) groups is 1. The van der Waals surface area contributed by atoms with Crippen molar-refractivity contribution in [2.75, 3.05) is 12.4 Å². The SMILES string of the molecule is COc1ccc(-n2c(SC(C)C(=O)Nc3ccc4[nH]c(=O)[nH]c4c3)nc3ccccc32)cc1. The van der Waals surface area contributed by atoms with E-state index in [1.807, 2.05) is 60.0 Å². The number of benzene rings is 3. The van der Waals surface area contributed by atoms with Crippen LogP contribution in [0.5, 0.6) is 5.75 Å². The highest BCUT2D eigenvalue weighted by Gasteiger charge is 2.20. The number of hydrogen-bond donors (Lipinski definition) is 3. The molecule has 5 rings (SSSR count). The number of fused-ring (bicyclic) bond motifs is 2. The molecule has 33 heavy (non-hydrogen) atoms. The number of carbonyl (C=O) groups is 1. The first kappa shape index (κ1) is 20.9. The predicted molar refractivity (Wildman–Crippen MR) is 130 cm³/mol. The molecule has 0 spiro atoms. The maximum absolute atomic E-state index is 12.9. The van der Waals surface area contributed by atoms with Crippen molar-refractivity contribution in [3.05, 3.63) is 77.2 Å². The molecule has 0 saturated carbocycles. The highest BCUT2D eigenvalue weighted by Crippen LogP contribution is 2.31. The van der Waals surface area contributed by atoms with Gasteiger partial charge in [0.15, 0.2) is 5.16 Å². The first-order chi connectivity index (χ1) is 16.0. The molecule has 0 radical (unpaired) electrons. The van der Waals surface area contributed by atoms with E-state index in [1.54, 1.807) is 25.3 Å². The Hall–Kier alpha value is -3.98. The van der Waals surface area contributed by atoms with E-state index in [1.165, 1.54) is 11.8 Å². The first-order valence-corrected chi connectivity index (χ1v) is 11.2. The number of hydrogen-bond acceptors (Lipinski definition) is 5. The number of rotatable bonds is 6. The Morgan fingerprint density at radius 3 is 2.61 bits per heavy atom. The van der Waals surface area contributed by atoms with Crippen molar-refractivity contribution in [2.45, 2.75) is 17.3 Å². The van der Waals surface area contributed by atoms with Gasteiger partial charge in [-0.05, 0) is 61.5 Å². The lowest BCUT2D eigenvalue weighted by Gasteiger charge is -2.14. The van der Waals surface area contributed by atoms with Crippen molar-refractivity contribution in [2.24, 2.45) is 0 Å². The van der Waals surface area contributed by atoms with Gasteiger partial charge in [0.05, 0.1) is 34.4 Å². The molecule has 166 valence electrons. The zero-order valence-corrected chi connectivity index (χ0v) is 18.8. The zero-order chi connectivity index (χ0) is 22.9. The van der Waals surface area contributed by atoms with Gasteiger partial charge in [-0.15, -0.1) is 0 Å². The summed E-state index contributed by atoms with van der Waals surface area (Å²) >= 11 is 1.38. The summed E-state index contributed by atoms with van der Waals surface area (Å²) in [6.45, 7) is 1.84. The van der Waals surface area contributed by atoms with Gasteiger partial charge in [0.1, 0.15) is 5.75 Å². The average molecular weight is 460 g/mol. The Bertz CT molecular complexity index is 1520. The molecule has 8 nitrogen and oxygen atoms in total. The number of carbonyl (C=O) groups excluding carboxylic acids is 1. The molecule has 0 fully saturated rings. The van der Waals surface area contributed by atoms with Crippen LogP contribution in [0.4, 0.5) is 5.69 Å². The van der Waals surface area contributed by atoms with Crippen LogP contribution in [-0.4, -0.2) is 37.8 Å². The van der Waals surface area contributed by atoms with Gasteiger partial charge >= 0.3 is 5.69 Å². The summed E-state index contributed by atoms with van der Waals surface area (Å²) < 4.78 is 7.32. The maximum atomic E-state index is 12.9. The summed E-state index contributed by atoms with van der Waals surface area (Å²) in [7, 11) is 1.63. The maximum Gasteiger partial charge on any atom is 0.323 e. The number of ether oxygens (including phenoxy) is 1. The molecule has 0 bridgehead atoms. The van der Waals surface area contributed by atoms with Gasteiger partial charge in [-0.3, -0.25) is 9.36 Å². The quantitative estimate of drug-likeness (QED) is 0.328. The number of imidazole rings is 2. The average Bonchev–Trinajstić information content (AvgIpc) is 3.37. The van der Waals surface area contributed by atoms with Gasteiger partial charge in [-0.25, -0.2) is 9.78 Å². The van der Waals surface area contributed by atoms with Crippen LogP contribution in [0.3, 0.4) is 0 Å². The van der Waals surface area contributed by atoms with Crippen molar-refractivity contribution in [3.63, 3.8) is 0 Å². The Balaban J connectivity index is 1.42. The van der Waals surface area contributed by atoms with Gasteiger partial charge in [0.25, 0.3) is 0 Å². The second-order valence-corrected chi connectivity index (χ2v) is 8.81. The topological polar surface area (TPSA) is 105 Å². The molecule has 1 atom stereocenters. The number of nitrogens with one attached hydrogen (secondary N) is 3. The molecule has 2 aromatic heterocycles. The Morgan fingerprint density at radius 2 is 1.82 bits per heavy atom. The third kappa shape index (κ3) is 4.10. The first-order valence-electron chi connectivity index (χ1n) is 10.3. The van der Waals surface area contributed by atoms with E-state index in [4.69, 9.17) is 9.72 Å². The molecule has 0 saturated heterocycles. The molecule has 1 amide bonds. The Labute approximate surface area is 193 Å². The van der Waals surface area contributed by atoms with E-state index in [0.717, 1.165) is 27.6 Å². The number of aromatic amines is 2. The molecule has 1 unspecified atom stereocenters. The number of amides is 1. The van der Waals surface area contributed by atoms with Crippen molar-refractivity contribution >= 4 is 45.4 Å². The zero-order valence-electron chi connectivity index (χ0n) is 18.0. The number of nitrogens with zero attached hydrogens (tertiary/aromatic N) is 2. The van der Waals surface area contributed by atoms with Gasteiger partial charge in [0, 0.05) is 11.4 Å². The minimum atomic E-state index is -0.417. The molecule has 9 heteroatoms. The van der Waals surface area contributed by atoms with Crippen LogP contribution in [0.1, 0.15) is 6.92 Å². The molecule has 3 N–H and O–H groups in total. The number of methoxy groups -OCH3 is 1. The Morgan fingerprint density at radius 1 is 1.06 bits per heavy atom. The van der Waals surface area contributed by atoms with E-state index in [0.29, 0.717) is 16.7 Å². The van der Waals surface area contributed by atoms with Crippen molar-refractivity contribution in [3.8, 4) is 11.4 Å². The number of H-pyrrole nitrogens is 2. The molecular formula is C24H21N5O3S. The fourth-order valence-electron chi connectivity index (χ4n) is 3.63. The normalized spacial score (nSPS) is 12.2. The predicted octanol–water partition coefficient (Wildman–Crippen LogP) is 4.32. The monoisotopic (exact) mass is 459 g/mol. The number of aromatic nitrogens is 4. The summed E-state index contributed by atoms with van der Waals surface area (Å²) in [6, 6.07) is 20.9. The Kier molecular flexibility index (Phi) is 5.39. The van der Waals surface area contributed by atoms with Crippen molar-refractivity contribution in [1.82, 2.24) is 19.5 Å². The highest BCUT2D eigenvalue weighted by atomic mass is 32.2. The van der Waals surface area contributed by atoms with E-state index in [-0.39, 0.29) is 11.6 Å². The third-order valence-electron chi connectivity index (χ3n) is 5.30. The lowest BCUT2D eigenvalue weighted by molar-refractivity contribution is -0.115. The molecule has 3 aromatic carbocycles. The smallest absolute Gasteiger partial charge is 0.323 e. The molecule has 0 aliphatic heterocycles. The van der Waals surface area contributed by atoms with Crippen molar-refractivity contribution < 1.29 is 9.53 Å². The van der Waals surface area contributed by atoms with E-state index >= 15 is 0 Å². The van der Waals surface area contributed by atoms with E-state index in [9.17, 15) is 9.59 Å². The molecule has 2 heterocycles.